The summed E-state index contributed by atoms with van der Waals surface area (Å²) in [5, 5.41) is 0. The number of unbranched alkanes of at least 4 members (excludes halogenated alkanes) is 21. The molecule has 6 nitrogen and oxygen atoms in total. The van der Waals surface area contributed by atoms with Gasteiger partial charge in [0.25, 0.3) is 0 Å². The van der Waals surface area contributed by atoms with Crippen molar-refractivity contribution < 1.29 is 28.6 Å². The summed E-state index contributed by atoms with van der Waals surface area (Å²) in [7, 11) is 0. The highest BCUT2D eigenvalue weighted by Crippen LogP contribution is 2.14. The average Bonchev–Trinajstić information content (AvgIpc) is 3.27. The Kier molecular flexibility index (Phi) is 47.0. The van der Waals surface area contributed by atoms with Crippen molar-refractivity contribution in [1.82, 2.24) is 0 Å². The zero-order chi connectivity index (χ0) is 45.1. The number of carbonyl (C=O) groups is 3. The standard InChI is InChI=1S/C56H92O6/c1-4-7-10-13-16-19-22-25-27-28-29-32-34-37-40-43-46-49-55(58)61-52-53(51-60-54(57)48-45-42-39-36-33-30-24-21-18-15-12-9-6-3)62-56(59)50-47-44-41-38-35-31-26-23-20-17-14-11-8-5-2/h9,12,15,18,21,24-25,27,29-30,32-33,36-37,39-40,53H,4-8,10-11,13-14,16-17,19-20,22-23,26,28,31,34-35,38,41-52H2,1-3H3/b12-9-,18-15-,24-21-,27-25-,32-29-,33-30-,39-36-,40-37-. The SMILES string of the molecule is CC\C=C/C=C\C=C/C=C\C=C/CCCC(=O)OCC(COC(=O)CCC/C=C\C/C=C\C/C=C\CCCCCCCC)OC(=O)CCCCCCCCCCCCCCCC. The fourth-order valence-corrected chi connectivity index (χ4v) is 6.66. The van der Waals surface area contributed by atoms with Crippen molar-refractivity contribution in [1.29, 1.82) is 0 Å². The lowest BCUT2D eigenvalue weighted by atomic mass is 10.0. The molecule has 0 spiro atoms. The first-order valence-corrected chi connectivity index (χ1v) is 25.3. The van der Waals surface area contributed by atoms with E-state index in [2.05, 4.69) is 63.3 Å². The lowest BCUT2D eigenvalue weighted by Crippen LogP contribution is -2.30. The smallest absolute Gasteiger partial charge is 0.306 e. The minimum absolute atomic E-state index is 0.126. The number of carbonyl (C=O) groups excluding carboxylic acids is 3. The van der Waals surface area contributed by atoms with Gasteiger partial charge in [-0.05, 0) is 64.2 Å². The first kappa shape index (κ1) is 58.3. The normalized spacial score (nSPS) is 12.9. The van der Waals surface area contributed by atoms with Crippen molar-refractivity contribution in [3.8, 4) is 0 Å². The molecule has 0 amide bonds. The van der Waals surface area contributed by atoms with Crippen LogP contribution in [0.4, 0.5) is 0 Å². The zero-order valence-electron chi connectivity index (χ0n) is 40.1. The van der Waals surface area contributed by atoms with Gasteiger partial charge in [-0.15, -0.1) is 0 Å². The molecule has 0 saturated carbocycles. The van der Waals surface area contributed by atoms with Gasteiger partial charge in [0.15, 0.2) is 6.10 Å². The molecule has 0 aromatic rings. The lowest BCUT2D eigenvalue weighted by molar-refractivity contribution is -0.167. The van der Waals surface area contributed by atoms with Gasteiger partial charge >= 0.3 is 17.9 Å². The first-order chi connectivity index (χ1) is 30.5. The highest BCUT2D eigenvalue weighted by molar-refractivity contribution is 5.71. The summed E-state index contributed by atoms with van der Waals surface area (Å²) in [6, 6.07) is 0. The Bertz CT molecular complexity index is 1260. The molecule has 1 unspecified atom stereocenters. The number of rotatable bonds is 44. The van der Waals surface area contributed by atoms with Gasteiger partial charge in [0.2, 0.25) is 0 Å². The van der Waals surface area contributed by atoms with Crippen molar-refractivity contribution in [2.45, 2.75) is 226 Å². The van der Waals surface area contributed by atoms with Gasteiger partial charge in [-0.3, -0.25) is 14.4 Å². The maximum absolute atomic E-state index is 12.8. The third-order valence-corrected chi connectivity index (χ3v) is 10.5. The van der Waals surface area contributed by atoms with Gasteiger partial charge < -0.3 is 14.2 Å². The van der Waals surface area contributed by atoms with Crippen LogP contribution in [-0.4, -0.2) is 37.2 Å². The van der Waals surface area contributed by atoms with E-state index in [1.807, 2.05) is 54.7 Å². The lowest BCUT2D eigenvalue weighted by Gasteiger charge is -2.18. The number of hydrogen-bond donors (Lipinski definition) is 0. The predicted octanol–water partition coefficient (Wildman–Crippen LogP) is 16.6. The summed E-state index contributed by atoms with van der Waals surface area (Å²) in [4.78, 5) is 37.9. The second kappa shape index (κ2) is 50.0. The molecule has 0 heterocycles. The van der Waals surface area contributed by atoms with E-state index in [9.17, 15) is 14.4 Å². The third kappa shape index (κ3) is 47.4. The number of allylic oxidation sites excluding steroid dienone is 16. The second-order valence-electron chi connectivity index (χ2n) is 16.5. The molecular formula is C56H92O6. The van der Waals surface area contributed by atoms with E-state index in [0.29, 0.717) is 19.3 Å². The highest BCUT2D eigenvalue weighted by atomic mass is 16.6. The van der Waals surface area contributed by atoms with E-state index in [0.717, 1.165) is 51.4 Å². The van der Waals surface area contributed by atoms with E-state index < -0.39 is 6.10 Å². The molecule has 0 bridgehead atoms. The molecule has 0 N–H and O–H groups in total. The molecule has 0 fully saturated rings. The minimum atomic E-state index is -0.824. The Balaban J connectivity index is 4.55. The van der Waals surface area contributed by atoms with E-state index >= 15 is 0 Å². The predicted molar refractivity (Wildman–Crippen MR) is 265 cm³/mol. The van der Waals surface area contributed by atoms with E-state index in [1.165, 1.54) is 116 Å². The monoisotopic (exact) mass is 861 g/mol. The third-order valence-electron chi connectivity index (χ3n) is 10.5. The first-order valence-electron chi connectivity index (χ1n) is 25.3. The van der Waals surface area contributed by atoms with Crippen LogP contribution in [0.2, 0.25) is 0 Å². The van der Waals surface area contributed by atoms with Crippen LogP contribution in [0, 0.1) is 0 Å². The van der Waals surface area contributed by atoms with Crippen molar-refractivity contribution >= 4 is 17.9 Å². The molecule has 352 valence electrons. The summed E-state index contributed by atoms with van der Waals surface area (Å²) in [5.74, 6) is -1.05. The molecule has 0 radical (unpaired) electrons. The molecule has 0 aliphatic rings. The quantitative estimate of drug-likeness (QED) is 0.0200. The number of esters is 3. The molecule has 0 rings (SSSR count). The summed E-state index contributed by atoms with van der Waals surface area (Å²) >= 11 is 0. The van der Waals surface area contributed by atoms with Crippen LogP contribution in [-0.2, 0) is 28.6 Å². The molecule has 0 aromatic heterocycles. The Morgan fingerprint density at radius 1 is 0.355 bits per heavy atom. The number of hydrogen-bond acceptors (Lipinski definition) is 6. The molecule has 62 heavy (non-hydrogen) atoms. The van der Waals surface area contributed by atoms with Crippen LogP contribution < -0.4 is 0 Å². The Morgan fingerprint density at radius 3 is 1.18 bits per heavy atom. The van der Waals surface area contributed by atoms with Crippen LogP contribution in [0.1, 0.15) is 220 Å². The number of ether oxygens (including phenoxy) is 3. The van der Waals surface area contributed by atoms with E-state index in [-0.39, 0.29) is 44.0 Å². The van der Waals surface area contributed by atoms with Gasteiger partial charge in [0, 0.05) is 19.3 Å². The fourth-order valence-electron chi connectivity index (χ4n) is 6.66. The molecule has 1 atom stereocenters. The Hall–Kier alpha value is -3.67. The van der Waals surface area contributed by atoms with Crippen LogP contribution in [0.15, 0.2) is 97.2 Å². The van der Waals surface area contributed by atoms with E-state index in [4.69, 9.17) is 14.2 Å². The van der Waals surface area contributed by atoms with Crippen molar-refractivity contribution in [3.63, 3.8) is 0 Å². The highest BCUT2D eigenvalue weighted by Gasteiger charge is 2.19. The topological polar surface area (TPSA) is 78.9 Å². The van der Waals surface area contributed by atoms with Gasteiger partial charge in [-0.25, -0.2) is 0 Å². The summed E-state index contributed by atoms with van der Waals surface area (Å²) in [6.45, 7) is 6.37. The summed E-state index contributed by atoms with van der Waals surface area (Å²) in [5.41, 5.74) is 0. The van der Waals surface area contributed by atoms with Gasteiger partial charge in [0.05, 0.1) is 0 Å². The fraction of sp³-hybridized carbons (Fsp3) is 0.661. The Morgan fingerprint density at radius 2 is 0.710 bits per heavy atom. The zero-order valence-corrected chi connectivity index (χ0v) is 40.1. The van der Waals surface area contributed by atoms with Crippen LogP contribution >= 0.6 is 0 Å². The van der Waals surface area contributed by atoms with Crippen molar-refractivity contribution in [2.24, 2.45) is 0 Å². The largest absolute Gasteiger partial charge is 0.462 e. The molecular weight excluding hydrogens is 769 g/mol. The van der Waals surface area contributed by atoms with Gasteiger partial charge in [-0.2, -0.15) is 0 Å². The Labute approximate surface area is 381 Å². The maximum atomic E-state index is 12.8. The van der Waals surface area contributed by atoms with Gasteiger partial charge in [0.1, 0.15) is 13.2 Å². The van der Waals surface area contributed by atoms with Crippen LogP contribution in [0.3, 0.4) is 0 Å². The minimum Gasteiger partial charge on any atom is -0.462 e. The van der Waals surface area contributed by atoms with Crippen molar-refractivity contribution in [3.05, 3.63) is 97.2 Å². The molecule has 0 aliphatic heterocycles. The second-order valence-corrected chi connectivity index (χ2v) is 16.5. The molecule has 0 aromatic carbocycles. The molecule has 0 aliphatic carbocycles. The summed E-state index contributed by atoms with van der Waals surface area (Å²) in [6.07, 6.45) is 65.5. The maximum Gasteiger partial charge on any atom is 0.306 e. The van der Waals surface area contributed by atoms with Crippen molar-refractivity contribution in [2.75, 3.05) is 13.2 Å². The van der Waals surface area contributed by atoms with Crippen LogP contribution in [0.25, 0.3) is 0 Å². The molecule has 0 saturated heterocycles. The van der Waals surface area contributed by atoms with E-state index in [1.54, 1.807) is 0 Å². The molecule has 6 heteroatoms. The summed E-state index contributed by atoms with van der Waals surface area (Å²) < 4.78 is 16.7. The van der Waals surface area contributed by atoms with Gasteiger partial charge in [-0.1, -0.05) is 234 Å². The van der Waals surface area contributed by atoms with Crippen LogP contribution in [0.5, 0.6) is 0 Å². The average molecular weight is 861 g/mol.